The highest BCUT2D eigenvalue weighted by Gasteiger charge is 2.42. The average Bonchev–Trinajstić information content (AvgIpc) is 2.79. The van der Waals surface area contributed by atoms with Crippen molar-refractivity contribution in [3.63, 3.8) is 0 Å². The van der Waals surface area contributed by atoms with Crippen LogP contribution in [0.3, 0.4) is 0 Å². The zero-order valence-electron chi connectivity index (χ0n) is 6.86. The van der Waals surface area contributed by atoms with Crippen molar-refractivity contribution >= 4 is 0 Å². The summed E-state index contributed by atoms with van der Waals surface area (Å²) in [6.45, 7) is 0.434. The van der Waals surface area contributed by atoms with Crippen LogP contribution in [0.5, 0.6) is 0 Å². The minimum atomic E-state index is 0.150. The lowest BCUT2D eigenvalue weighted by atomic mass is 10.1. The largest absolute Gasteiger partial charge is 0.396 e. The van der Waals surface area contributed by atoms with E-state index in [4.69, 9.17) is 14.9 Å². The minimum absolute atomic E-state index is 0.150. The van der Waals surface area contributed by atoms with E-state index in [1.54, 1.807) is 7.11 Å². The molecular weight excluding hydrogens is 144 g/mol. The Hall–Kier alpha value is -0.120. The molecule has 0 aliphatic heterocycles. The van der Waals surface area contributed by atoms with Crippen LogP contribution in [0.1, 0.15) is 12.8 Å². The third-order valence-corrected chi connectivity index (χ3v) is 2.41. The van der Waals surface area contributed by atoms with Crippen molar-refractivity contribution in [2.45, 2.75) is 18.9 Å². The predicted molar refractivity (Wildman–Crippen MR) is 41.2 cm³/mol. The second kappa shape index (κ2) is 4.04. The van der Waals surface area contributed by atoms with E-state index in [-0.39, 0.29) is 19.3 Å². The molecule has 66 valence electrons. The SMILES string of the molecule is CO[C@@H](CCO)[C@@H]1C[C@H]1CO. The number of hydrogen-bond acceptors (Lipinski definition) is 3. The highest BCUT2D eigenvalue weighted by atomic mass is 16.5. The molecule has 1 aliphatic rings. The number of rotatable bonds is 5. The monoisotopic (exact) mass is 160 g/mol. The Labute approximate surface area is 67.0 Å². The van der Waals surface area contributed by atoms with Crippen LogP contribution < -0.4 is 0 Å². The molecule has 1 aliphatic carbocycles. The van der Waals surface area contributed by atoms with Gasteiger partial charge in [0, 0.05) is 20.3 Å². The van der Waals surface area contributed by atoms with E-state index < -0.39 is 0 Å². The van der Waals surface area contributed by atoms with Gasteiger partial charge in [-0.15, -0.1) is 0 Å². The third kappa shape index (κ3) is 2.15. The molecule has 3 heteroatoms. The van der Waals surface area contributed by atoms with Crippen LogP contribution in [0.25, 0.3) is 0 Å². The Bertz CT molecular complexity index is 116. The quantitative estimate of drug-likeness (QED) is 0.595. The summed E-state index contributed by atoms with van der Waals surface area (Å²) in [5.41, 5.74) is 0. The zero-order valence-corrected chi connectivity index (χ0v) is 6.86. The predicted octanol–water partition coefficient (Wildman–Crippen LogP) is 0.0122. The van der Waals surface area contributed by atoms with Gasteiger partial charge in [-0.1, -0.05) is 0 Å². The van der Waals surface area contributed by atoms with Gasteiger partial charge in [-0.05, 0) is 24.7 Å². The van der Waals surface area contributed by atoms with Crippen LogP contribution in [0.2, 0.25) is 0 Å². The number of hydrogen-bond donors (Lipinski definition) is 2. The smallest absolute Gasteiger partial charge is 0.0624 e. The normalized spacial score (nSPS) is 31.9. The van der Waals surface area contributed by atoms with Crippen LogP contribution in [-0.2, 0) is 4.74 Å². The average molecular weight is 160 g/mol. The number of methoxy groups -OCH3 is 1. The fourth-order valence-corrected chi connectivity index (χ4v) is 1.57. The molecule has 3 nitrogen and oxygen atoms in total. The van der Waals surface area contributed by atoms with Crippen LogP contribution in [0.15, 0.2) is 0 Å². The Morgan fingerprint density at radius 3 is 2.64 bits per heavy atom. The van der Waals surface area contributed by atoms with Crippen molar-refractivity contribution < 1.29 is 14.9 Å². The van der Waals surface area contributed by atoms with Crippen molar-refractivity contribution in [3.8, 4) is 0 Å². The first-order valence-corrected chi connectivity index (χ1v) is 4.08. The molecule has 1 fully saturated rings. The van der Waals surface area contributed by atoms with E-state index >= 15 is 0 Å². The maximum absolute atomic E-state index is 8.77. The second-order valence-electron chi connectivity index (χ2n) is 3.13. The van der Waals surface area contributed by atoms with Gasteiger partial charge in [0.2, 0.25) is 0 Å². The molecule has 1 saturated carbocycles. The first kappa shape index (κ1) is 8.97. The summed E-state index contributed by atoms with van der Waals surface area (Å²) in [4.78, 5) is 0. The maximum Gasteiger partial charge on any atom is 0.0624 e. The lowest BCUT2D eigenvalue weighted by Gasteiger charge is -2.12. The first-order chi connectivity index (χ1) is 5.33. The molecule has 2 N–H and O–H groups in total. The van der Waals surface area contributed by atoms with Crippen molar-refractivity contribution in [1.29, 1.82) is 0 Å². The second-order valence-corrected chi connectivity index (χ2v) is 3.13. The number of ether oxygens (including phenoxy) is 1. The summed E-state index contributed by atoms with van der Waals surface area (Å²) in [6, 6.07) is 0. The van der Waals surface area contributed by atoms with E-state index in [1.807, 2.05) is 0 Å². The fourth-order valence-electron chi connectivity index (χ4n) is 1.57. The van der Waals surface area contributed by atoms with Crippen LogP contribution in [0, 0.1) is 11.8 Å². The van der Waals surface area contributed by atoms with Crippen molar-refractivity contribution in [3.05, 3.63) is 0 Å². The molecule has 1 rings (SSSR count). The van der Waals surface area contributed by atoms with Crippen molar-refractivity contribution in [2.24, 2.45) is 11.8 Å². The van der Waals surface area contributed by atoms with E-state index in [0.717, 1.165) is 6.42 Å². The molecule has 0 radical (unpaired) electrons. The summed E-state index contributed by atoms with van der Waals surface area (Å²) >= 11 is 0. The molecule has 0 unspecified atom stereocenters. The van der Waals surface area contributed by atoms with Gasteiger partial charge < -0.3 is 14.9 Å². The van der Waals surface area contributed by atoms with Crippen LogP contribution in [0.4, 0.5) is 0 Å². The summed E-state index contributed by atoms with van der Waals surface area (Å²) in [5, 5.41) is 17.4. The fraction of sp³-hybridized carbons (Fsp3) is 1.00. The van der Waals surface area contributed by atoms with Crippen molar-refractivity contribution in [2.75, 3.05) is 20.3 Å². The van der Waals surface area contributed by atoms with Gasteiger partial charge in [0.25, 0.3) is 0 Å². The Morgan fingerprint density at radius 1 is 1.55 bits per heavy atom. The standard InChI is InChI=1S/C8H16O3/c1-11-8(2-3-9)7-4-6(7)5-10/h6-10H,2-5H2,1H3/t6-,7+,8-/m0/s1. The van der Waals surface area contributed by atoms with E-state index in [9.17, 15) is 0 Å². The van der Waals surface area contributed by atoms with Gasteiger partial charge >= 0.3 is 0 Å². The van der Waals surface area contributed by atoms with E-state index in [2.05, 4.69) is 0 Å². The first-order valence-electron chi connectivity index (χ1n) is 4.08. The highest BCUT2D eigenvalue weighted by Crippen LogP contribution is 2.42. The molecule has 3 atom stereocenters. The molecule has 0 spiro atoms. The molecule has 0 aromatic rings. The molecular formula is C8H16O3. The summed E-state index contributed by atoms with van der Waals surface area (Å²) in [6.07, 6.45) is 1.89. The molecule has 11 heavy (non-hydrogen) atoms. The number of aliphatic hydroxyl groups excluding tert-OH is 2. The highest BCUT2D eigenvalue weighted by molar-refractivity contribution is 4.91. The summed E-state index contributed by atoms with van der Waals surface area (Å²) in [7, 11) is 1.66. The maximum atomic E-state index is 8.77. The van der Waals surface area contributed by atoms with Gasteiger partial charge in [0.15, 0.2) is 0 Å². The topological polar surface area (TPSA) is 49.7 Å². The Morgan fingerprint density at radius 2 is 2.27 bits per heavy atom. The van der Waals surface area contributed by atoms with E-state index in [1.165, 1.54) is 0 Å². The zero-order chi connectivity index (χ0) is 8.27. The molecule has 0 heterocycles. The summed E-state index contributed by atoms with van der Waals surface area (Å²) < 4.78 is 5.18. The summed E-state index contributed by atoms with van der Waals surface area (Å²) in [5.74, 6) is 0.906. The van der Waals surface area contributed by atoms with Gasteiger partial charge in [-0.2, -0.15) is 0 Å². The van der Waals surface area contributed by atoms with Gasteiger partial charge in [0.1, 0.15) is 0 Å². The molecule has 0 aromatic heterocycles. The lowest BCUT2D eigenvalue weighted by molar-refractivity contribution is 0.0540. The lowest BCUT2D eigenvalue weighted by Crippen LogP contribution is -2.16. The van der Waals surface area contributed by atoms with Crippen molar-refractivity contribution in [1.82, 2.24) is 0 Å². The molecule has 0 aromatic carbocycles. The molecule has 0 amide bonds. The van der Waals surface area contributed by atoms with Crippen LogP contribution in [-0.4, -0.2) is 36.6 Å². The van der Waals surface area contributed by atoms with Gasteiger partial charge in [-0.25, -0.2) is 0 Å². The van der Waals surface area contributed by atoms with Gasteiger partial charge in [-0.3, -0.25) is 0 Å². The minimum Gasteiger partial charge on any atom is -0.396 e. The number of aliphatic hydroxyl groups is 2. The molecule has 0 bridgehead atoms. The molecule has 0 saturated heterocycles. The Kier molecular flexibility index (Phi) is 3.30. The Balaban J connectivity index is 2.22. The van der Waals surface area contributed by atoms with Crippen LogP contribution >= 0.6 is 0 Å². The van der Waals surface area contributed by atoms with E-state index in [0.29, 0.717) is 18.3 Å². The third-order valence-electron chi connectivity index (χ3n) is 2.41. The van der Waals surface area contributed by atoms with Gasteiger partial charge in [0.05, 0.1) is 6.10 Å².